The summed E-state index contributed by atoms with van der Waals surface area (Å²) in [6, 6.07) is 4.41. The smallest absolute Gasteiger partial charge is 0.0701 e. The Hall–Kier alpha value is 0.1000. The molecule has 3 rings (SSSR count). The molecule has 2 aliphatic rings. The molecule has 0 bridgehead atoms. The van der Waals surface area contributed by atoms with Crippen molar-refractivity contribution in [2.75, 3.05) is 19.6 Å². The summed E-state index contributed by atoms with van der Waals surface area (Å²) in [5.74, 6) is 0. The molecule has 4 heteroatoms. The molecular weight excluding hydrogens is 296 g/mol. The zero-order valence-electron chi connectivity index (χ0n) is 10.0. The molecule has 1 saturated carbocycles. The van der Waals surface area contributed by atoms with Crippen LogP contribution in [-0.2, 0) is 6.54 Å². The molecule has 1 spiro atoms. The molecule has 0 radical (unpaired) electrons. The first-order valence-electron chi connectivity index (χ1n) is 6.47. The van der Waals surface area contributed by atoms with Crippen LogP contribution in [0, 0.1) is 0 Å². The van der Waals surface area contributed by atoms with Crippen molar-refractivity contribution in [3.05, 3.63) is 20.8 Å². The fraction of sp³-hybridized carbons (Fsp3) is 0.692. The van der Waals surface area contributed by atoms with Gasteiger partial charge in [0.1, 0.15) is 0 Å². The number of nitrogens with zero attached hydrogens (tertiary/aromatic N) is 1. The number of hydrogen-bond donors (Lipinski definition) is 1. The second-order valence-corrected chi connectivity index (χ2v) is 7.88. The molecule has 0 aromatic carbocycles. The van der Waals surface area contributed by atoms with Crippen LogP contribution >= 0.6 is 27.3 Å². The van der Waals surface area contributed by atoms with Crippen molar-refractivity contribution in [1.29, 1.82) is 0 Å². The van der Waals surface area contributed by atoms with Crippen molar-refractivity contribution in [2.24, 2.45) is 0 Å². The lowest BCUT2D eigenvalue weighted by molar-refractivity contribution is 0.130. The lowest BCUT2D eigenvalue weighted by Crippen LogP contribution is -2.58. The molecule has 1 N–H and O–H groups in total. The summed E-state index contributed by atoms with van der Waals surface area (Å²) in [7, 11) is 0. The third-order valence-corrected chi connectivity index (χ3v) is 5.63. The molecular formula is C13H19BrN2S. The standard InChI is InChI=1S/C13H19BrN2S/c14-12-4-3-11(17-12)9-16-8-7-15-13(10-16)5-1-2-6-13/h3-4,15H,1-2,5-10H2. The second kappa shape index (κ2) is 5.00. The van der Waals surface area contributed by atoms with E-state index in [4.69, 9.17) is 0 Å². The lowest BCUT2D eigenvalue weighted by Gasteiger charge is -2.41. The Labute approximate surface area is 116 Å². The van der Waals surface area contributed by atoms with Gasteiger partial charge in [-0.2, -0.15) is 0 Å². The maximum Gasteiger partial charge on any atom is 0.0701 e. The summed E-state index contributed by atoms with van der Waals surface area (Å²) in [6.45, 7) is 4.71. The summed E-state index contributed by atoms with van der Waals surface area (Å²) >= 11 is 5.41. The monoisotopic (exact) mass is 314 g/mol. The summed E-state index contributed by atoms with van der Waals surface area (Å²) in [4.78, 5) is 4.10. The second-order valence-electron chi connectivity index (χ2n) is 5.33. The van der Waals surface area contributed by atoms with E-state index in [1.54, 1.807) is 0 Å². The van der Waals surface area contributed by atoms with Crippen LogP contribution in [-0.4, -0.2) is 30.1 Å². The molecule has 0 amide bonds. The Balaban J connectivity index is 1.64. The van der Waals surface area contributed by atoms with Crippen molar-refractivity contribution in [1.82, 2.24) is 10.2 Å². The van der Waals surface area contributed by atoms with Gasteiger partial charge in [-0.05, 0) is 40.9 Å². The molecule has 1 aliphatic heterocycles. The fourth-order valence-electron chi connectivity index (χ4n) is 3.22. The molecule has 17 heavy (non-hydrogen) atoms. The van der Waals surface area contributed by atoms with Crippen LogP contribution in [0.25, 0.3) is 0 Å². The molecule has 1 aromatic rings. The Morgan fingerprint density at radius 1 is 1.35 bits per heavy atom. The minimum Gasteiger partial charge on any atom is -0.309 e. The molecule has 1 aromatic heterocycles. The van der Waals surface area contributed by atoms with E-state index in [9.17, 15) is 0 Å². The minimum atomic E-state index is 0.451. The van der Waals surface area contributed by atoms with E-state index in [2.05, 4.69) is 38.3 Å². The van der Waals surface area contributed by atoms with Crippen molar-refractivity contribution in [3.63, 3.8) is 0 Å². The van der Waals surface area contributed by atoms with Gasteiger partial charge in [0.15, 0.2) is 0 Å². The van der Waals surface area contributed by atoms with E-state index in [-0.39, 0.29) is 0 Å². The number of hydrogen-bond acceptors (Lipinski definition) is 3. The van der Waals surface area contributed by atoms with Crippen molar-refractivity contribution < 1.29 is 0 Å². The SMILES string of the molecule is Brc1ccc(CN2CCNC3(CCCC3)C2)s1. The minimum absolute atomic E-state index is 0.451. The lowest BCUT2D eigenvalue weighted by atomic mass is 9.94. The normalized spacial score (nSPS) is 24.5. The molecule has 1 saturated heterocycles. The summed E-state index contributed by atoms with van der Waals surface area (Å²) < 4.78 is 1.25. The maximum absolute atomic E-state index is 3.77. The first-order valence-corrected chi connectivity index (χ1v) is 8.08. The molecule has 1 aliphatic carbocycles. The first-order chi connectivity index (χ1) is 8.26. The van der Waals surface area contributed by atoms with E-state index in [1.165, 1.54) is 47.4 Å². The average molecular weight is 315 g/mol. The van der Waals surface area contributed by atoms with Gasteiger partial charge in [-0.1, -0.05) is 12.8 Å². The van der Waals surface area contributed by atoms with Gasteiger partial charge in [0.2, 0.25) is 0 Å². The van der Waals surface area contributed by atoms with Crippen LogP contribution in [0.4, 0.5) is 0 Å². The van der Waals surface area contributed by atoms with Gasteiger partial charge in [-0.15, -0.1) is 11.3 Å². The van der Waals surface area contributed by atoms with Gasteiger partial charge in [0.25, 0.3) is 0 Å². The maximum atomic E-state index is 3.77. The quantitative estimate of drug-likeness (QED) is 0.901. The number of thiophene rings is 1. The van der Waals surface area contributed by atoms with Crippen LogP contribution in [0.2, 0.25) is 0 Å². The molecule has 0 unspecified atom stereocenters. The third kappa shape index (κ3) is 2.75. The molecule has 2 fully saturated rings. The van der Waals surface area contributed by atoms with Gasteiger partial charge in [0, 0.05) is 36.6 Å². The van der Waals surface area contributed by atoms with Crippen LogP contribution in [0.15, 0.2) is 15.9 Å². The van der Waals surface area contributed by atoms with Crippen LogP contribution in [0.5, 0.6) is 0 Å². The van der Waals surface area contributed by atoms with Gasteiger partial charge in [-0.3, -0.25) is 4.90 Å². The Kier molecular flexibility index (Phi) is 3.57. The number of halogens is 1. The van der Waals surface area contributed by atoms with Gasteiger partial charge in [0.05, 0.1) is 3.79 Å². The van der Waals surface area contributed by atoms with Crippen LogP contribution in [0.3, 0.4) is 0 Å². The Morgan fingerprint density at radius 3 is 2.88 bits per heavy atom. The Bertz CT molecular complexity index is 385. The van der Waals surface area contributed by atoms with Gasteiger partial charge in [-0.25, -0.2) is 0 Å². The van der Waals surface area contributed by atoms with E-state index in [0.717, 1.165) is 13.1 Å². The van der Waals surface area contributed by atoms with Gasteiger partial charge >= 0.3 is 0 Å². The number of nitrogens with one attached hydrogen (secondary N) is 1. The highest BCUT2D eigenvalue weighted by Gasteiger charge is 2.37. The average Bonchev–Trinajstić information content (AvgIpc) is 2.89. The third-order valence-electron chi connectivity index (χ3n) is 4.02. The fourth-order valence-corrected chi connectivity index (χ4v) is 4.75. The predicted molar refractivity (Wildman–Crippen MR) is 76.5 cm³/mol. The molecule has 0 atom stereocenters. The zero-order chi connectivity index (χ0) is 11.7. The van der Waals surface area contributed by atoms with Crippen molar-refractivity contribution >= 4 is 27.3 Å². The molecule has 2 nitrogen and oxygen atoms in total. The van der Waals surface area contributed by atoms with Crippen LogP contribution < -0.4 is 5.32 Å². The largest absolute Gasteiger partial charge is 0.309 e. The van der Waals surface area contributed by atoms with Gasteiger partial charge < -0.3 is 5.32 Å². The highest BCUT2D eigenvalue weighted by Crippen LogP contribution is 2.33. The number of rotatable bonds is 2. The van der Waals surface area contributed by atoms with E-state index >= 15 is 0 Å². The molecule has 94 valence electrons. The summed E-state index contributed by atoms with van der Waals surface area (Å²) in [5.41, 5.74) is 0.451. The first kappa shape index (κ1) is 12.2. The highest BCUT2D eigenvalue weighted by atomic mass is 79.9. The Morgan fingerprint density at radius 2 is 2.18 bits per heavy atom. The summed E-state index contributed by atoms with van der Waals surface area (Å²) in [6.07, 6.45) is 5.56. The van der Waals surface area contributed by atoms with Crippen molar-refractivity contribution in [2.45, 2.75) is 37.8 Å². The number of piperazine rings is 1. The highest BCUT2D eigenvalue weighted by molar-refractivity contribution is 9.11. The van der Waals surface area contributed by atoms with Crippen LogP contribution in [0.1, 0.15) is 30.6 Å². The van der Waals surface area contributed by atoms with E-state index < -0.39 is 0 Å². The van der Waals surface area contributed by atoms with E-state index in [1.807, 2.05) is 11.3 Å². The van der Waals surface area contributed by atoms with E-state index in [0.29, 0.717) is 5.54 Å². The summed E-state index contributed by atoms with van der Waals surface area (Å²) in [5, 5.41) is 3.77. The predicted octanol–water partition coefficient (Wildman–Crippen LogP) is 3.23. The topological polar surface area (TPSA) is 15.3 Å². The molecule has 2 heterocycles. The zero-order valence-corrected chi connectivity index (χ0v) is 12.4. The van der Waals surface area contributed by atoms with Crippen molar-refractivity contribution in [3.8, 4) is 0 Å².